The molecule has 0 spiro atoms. The maximum Gasteiger partial charge on any atom is 0 e. The molecule has 0 amide bonds. The van der Waals surface area contributed by atoms with Gasteiger partial charge in [0.05, 0.1) is 0 Å². The van der Waals surface area contributed by atoms with Gasteiger partial charge >= 0.3 is 0 Å². The molecule has 0 saturated carbocycles. The topological polar surface area (TPSA) is 12.0 Å². The van der Waals surface area contributed by atoms with Gasteiger partial charge in [-0.05, 0) is 6.54 Å². The first-order valence-corrected chi connectivity index (χ1v) is 2.70. The summed E-state index contributed by atoms with van der Waals surface area (Å²) in [6, 6.07) is 0.403. The Morgan fingerprint density at radius 2 is 2.00 bits per heavy atom. The van der Waals surface area contributed by atoms with Gasteiger partial charge < -0.3 is 19.2 Å². The maximum absolute atomic E-state index is 3.89. The van der Waals surface area contributed by atoms with Crippen LogP contribution >= 0.6 is 0 Å². The van der Waals surface area contributed by atoms with Gasteiger partial charge in [-0.2, -0.15) is 5.92 Å². The Morgan fingerprint density at radius 3 is 2.12 bits per heavy atom. The molecular weight excluding hydrogens is 175 g/mol. The molecule has 0 aromatic rings. The Kier molecular flexibility index (Phi) is 4.50. The summed E-state index contributed by atoms with van der Waals surface area (Å²) in [7, 11) is 0. The molecule has 1 heterocycles. The van der Waals surface area contributed by atoms with E-state index in [2.05, 4.69) is 19.2 Å². The Bertz CT molecular complexity index is 57.5. The summed E-state index contributed by atoms with van der Waals surface area (Å²) in [5, 5.41) is 3.20. The van der Waals surface area contributed by atoms with Crippen LogP contribution in [-0.4, -0.2) is 12.6 Å². The summed E-state index contributed by atoms with van der Waals surface area (Å²) in [6.45, 7) is 8.84. The maximum atomic E-state index is 3.89. The second-order valence-electron chi connectivity index (χ2n) is 2.11. The third-order valence-corrected chi connectivity index (χ3v) is 1.49. The minimum Gasteiger partial charge on any atom is -0.346 e. The van der Waals surface area contributed by atoms with Crippen LogP contribution in [0.4, 0.5) is 0 Å². The predicted octanol–water partition coefficient (Wildman–Crippen LogP) is 0.630. The zero-order valence-electron chi connectivity index (χ0n) is 5.06. The monoisotopic (exact) mass is 186 g/mol. The predicted molar refractivity (Wildman–Crippen MR) is 30.6 cm³/mol. The van der Waals surface area contributed by atoms with Gasteiger partial charge in [0, 0.05) is 32.7 Å². The van der Waals surface area contributed by atoms with Crippen LogP contribution in [-0.2, 0) is 32.7 Å². The van der Waals surface area contributed by atoms with Crippen molar-refractivity contribution < 1.29 is 32.7 Å². The van der Waals surface area contributed by atoms with Gasteiger partial charge in [-0.25, -0.2) is 0 Å². The minimum atomic E-state index is 0. The Labute approximate surface area is 76.5 Å². The molecule has 1 aliphatic rings. The molecule has 1 fully saturated rings. The number of rotatable bonds is 0. The van der Waals surface area contributed by atoms with Crippen LogP contribution in [0.1, 0.15) is 6.42 Å². The van der Waals surface area contributed by atoms with Gasteiger partial charge in [-0.1, -0.05) is 6.42 Å². The van der Waals surface area contributed by atoms with Crippen molar-refractivity contribution in [2.75, 3.05) is 6.54 Å². The molecule has 2 atom stereocenters. The van der Waals surface area contributed by atoms with Gasteiger partial charge in [0.25, 0.3) is 0 Å². The molecule has 0 bridgehead atoms. The summed E-state index contributed by atoms with van der Waals surface area (Å²) in [5.41, 5.74) is 0. The molecule has 1 N–H and O–H groups in total. The largest absolute Gasteiger partial charge is 0.346 e. The van der Waals surface area contributed by atoms with Crippen molar-refractivity contribution in [3.63, 3.8) is 0 Å². The zero-order chi connectivity index (χ0) is 5.28. The zero-order valence-corrected chi connectivity index (χ0v) is 7.90. The smallest absolute Gasteiger partial charge is 0 e. The van der Waals surface area contributed by atoms with E-state index in [1.165, 1.54) is 6.42 Å². The first-order valence-electron chi connectivity index (χ1n) is 2.70. The fourth-order valence-corrected chi connectivity index (χ4v) is 0.822. The third-order valence-electron chi connectivity index (χ3n) is 1.49. The Morgan fingerprint density at radius 1 is 1.38 bits per heavy atom. The van der Waals surface area contributed by atoms with Crippen LogP contribution in [0, 0.1) is 19.8 Å². The fourth-order valence-electron chi connectivity index (χ4n) is 0.822. The first-order chi connectivity index (χ1) is 3.30. The van der Waals surface area contributed by atoms with Crippen LogP contribution in [0.25, 0.3) is 0 Å². The molecule has 0 aliphatic carbocycles. The van der Waals surface area contributed by atoms with Crippen LogP contribution in [0.2, 0.25) is 0 Å². The SMILES string of the molecule is [CH2-]C1CCNC1[CH2-].[Y]. The number of nitrogens with one attached hydrogen (secondary N) is 1. The second-order valence-corrected chi connectivity index (χ2v) is 2.11. The fraction of sp³-hybridized carbons (Fsp3) is 0.667. The molecule has 8 heavy (non-hydrogen) atoms. The van der Waals surface area contributed by atoms with E-state index in [0.29, 0.717) is 12.0 Å². The van der Waals surface area contributed by atoms with Crippen LogP contribution in [0.5, 0.6) is 0 Å². The third kappa shape index (κ3) is 2.12. The van der Waals surface area contributed by atoms with E-state index in [1.807, 2.05) is 0 Å². The summed E-state index contributed by atoms with van der Waals surface area (Å²) in [4.78, 5) is 0. The molecule has 0 aromatic carbocycles. The average molecular weight is 186 g/mol. The van der Waals surface area contributed by atoms with E-state index >= 15 is 0 Å². The van der Waals surface area contributed by atoms with E-state index in [1.54, 1.807) is 0 Å². The molecule has 1 saturated heterocycles. The van der Waals surface area contributed by atoms with Crippen molar-refractivity contribution in [3.8, 4) is 0 Å². The normalized spacial score (nSPS) is 36.8. The summed E-state index contributed by atoms with van der Waals surface area (Å²) in [5.74, 6) is 0.542. The van der Waals surface area contributed by atoms with Crippen molar-refractivity contribution in [1.29, 1.82) is 0 Å². The quantitative estimate of drug-likeness (QED) is 0.547. The van der Waals surface area contributed by atoms with Crippen molar-refractivity contribution in [2.45, 2.75) is 12.5 Å². The van der Waals surface area contributed by atoms with E-state index in [0.717, 1.165) is 6.54 Å². The van der Waals surface area contributed by atoms with Gasteiger partial charge in [0.2, 0.25) is 0 Å². The van der Waals surface area contributed by atoms with Gasteiger partial charge in [0.1, 0.15) is 0 Å². The summed E-state index contributed by atoms with van der Waals surface area (Å²) >= 11 is 0. The van der Waals surface area contributed by atoms with Crippen molar-refractivity contribution >= 4 is 0 Å². The summed E-state index contributed by atoms with van der Waals surface area (Å²) < 4.78 is 0. The Balaban J connectivity index is 0.000000490. The molecule has 45 valence electrons. The molecule has 2 unspecified atom stereocenters. The Hall–Kier alpha value is 1.06. The van der Waals surface area contributed by atoms with E-state index in [9.17, 15) is 0 Å². The van der Waals surface area contributed by atoms with Crippen molar-refractivity contribution in [3.05, 3.63) is 13.8 Å². The molecule has 1 aliphatic heterocycles. The first kappa shape index (κ1) is 9.06. The van der Waals surface area contributed by atoms with E-state index in [4.69, 9.17) is 0 Å². The molecule has 2 heteroatoms. The molecule has 1 rings (SSSR count). The summed E-state index contributed by atoms with van der Waals surface area (Å²) in [6.07, 6.45) is 1.19. The molecule has 1 radical (unpaired) electrons. The number of hydrogen-bond donors (Lipinski definition) is 1. The van der Waals surface area contributed by atoms with E-state index in [-0.39, 0.29) is 32.7 Å². The second kappa shape index (κ2) is 3.97. The van der Waals surface area contributed by atoms with Crippen molar-refractivity contribution in [2.24, 2.45) is 5.92 Å². The van der Waals surface area contributed by atoms with Crippen molar-refractivity contribution in [1.82, 2.24) is 5.32 Å². The van der Waals surface area contributed by atoms with E-state index < -0.39 is 0 Å². The average Bonchev–Trinajstić information content (AvgIpc) is 1.91. The van der Waals surface area contributed by atoms with Crippen LogP contribution < -0.4 is 5.32 Å². The van der Waals surface area contributed by atoms with Gasteiger partial charge in [0.15, 0.2) is 0 Å². The molecule has 1 nitrogen and oxygen atoms in total. The standard InChI is InChI=1S/C6H11N.Y/c1-5-3-4-7-6(5)2;/h5-7H,1-4H2;/q-2;. The van der Waals surface area contributed by atoms with Crippen LogP contribution in [0.15, 0.2) is 0 Å². The minimum absolute atomic E-state index is 0. The number of hydrogen-bond acceptors (Lipinski definition) is 1. The van der Waals surface area contributed by atoms with Crippen LogP contribution in [0.3, 0.4) is 0 Å². The molecular formula is C6H11NY-2. The molecule has 0 aromatic heterocycles. The van der Waals surface area contributed by atoms with Gasteiger partial charge in [-0.15, -0.1) is 6.04 Å². The van der Waals surface area contributed by atoms with Gasteiger partial charge in [-0.3, -0.25) is 0 Å².